The molecule has 0 saturated carbocycles. The fourth-order valence-electron chi connectivity index (χ4n) is 3.00. The molecule has 2 atom stereocenters. The van der Waals surface area contributed by atoms with Gasteiger partial charge in [-0.25, -0.2) is 4.39 Å². The van der Waals surface area contributed by atoms with E-state index in [1.807, 2.05) is 0 Å². The van der Waals surface area contributed by atoms with E-state index in [9.17, 15) is 24.1 Å². The number of amides is 1. The van der Waals surface area contributed by atoms with Gasteiger partial charge in [-0.15, -0.1) is 0 Å². The number of anilines is 1. The number of carbonyl (C=O) groups is 1. The second-order valence-electron chi connectivity index (χ2n) is 5.92. The first-order valence-corrected chi connectivity index (χ1v) is 7.35. The minimum Gasteiger partial charge on any atom is -0.305 e. The largest absolute Gasteiger partial charge is 0.305 e. The van der Waals surface area contributed by atoms with E-state index in [0.29, 0.717) is 5.56 Å². The number of fused-ring (bicyclic) bond motifs is 1. The first-order valence-electron chi connectivity index (χ1n) is 7.35. The molecule has 1 aliphatic rings. The molecule has 0 aliphatic carbocycles. The zero-order chi connectivity index (χ0) is 17.6. The quantitative estimate of drug-likeness (QED) is 0.656. The number of aromatic nitrogens is 2. The maximum Gasteiger partial charge on any atom is 0.301 e. The Bertz CT molecular complexity index is 869. The minimum atomic E-state index is -1.66. The summed E-state index contributed by atoms with van der Waals surface area (Å²) in [7, 11) is 0. The highest BCUT2D eigenvalue weighted by molar-refractivity contribution is 5.97. The van der Waals surface area contributed by atoms with Gasteiger partial charge in [-0.05, 0) is 31.5 Å². The molecule has 0 spiro atoms. The third-order valence-corrected chi connectivity index (χ3v) is 4.07. The van der Waals surface area contributed by atoms with Crippen molar-refractivity contribution in [3.8, 4) is 0 Å². The molecule has 0 fully saturated rings. The zero-order valence-corrected chi connectivity index (χ0v) is 12.9. The summed E-state index contributed by atoms with van der Waals surface area (Å²) in [5.74, 6) is -2.19. The van der Waals surface area contributed by atoms with E-state index in [2.05, 4.69) is 10.4 Å². The Morgan fingerprint density at radius 1 is 1.25 bits per heavy atom. The van der Waals surface area contributed by atoms with Gasteiger partial charge >= 0.3 is 11.9 Å². The normalized spacial score (nSPS) is 19.9. The molecule has 9 heteroatoms. The SMILES string of the molecule is CC(C)n1[nH]c(=O)c2c1NC(=O)[C@@H]([N+](=O)[O-])[C@H]2c1ccc(F)cc1. The lowest BCUT2D eigenvalue weighted by Gasteiger charge is -2.26. The molecule has 0 saturated heterocycles. The van der Waals surface area contributed by atoms with E-state index in [4.69, 9.17) is 0 Å². The topological polar surface area (TPSA) is 110 Å². The van der Waals surface area contributed by atoms with E-state index in [-0.39, 0.29) is 17.4 Å². The van der Waals surface area contributed by atoms with Crippen LogP contribution in [0.3, 0.4) is 0 Å². The molecule has 1 aromatic heterocycles. The maximum absolute atomic E-state index is 13.2. The van der Waals surface area contributed by atoms with Gasteiger partial charge in [-0.3, -0.25) is 29.5 Å². The Morgan fingerprint density at radius 3 is 2.42 bits per heavy atom. The van der Waals surface area contributed by atoms with Gasteiger partial charge in [0.2, 0.25) is 0 Å². The summed E-state index contributed by atoms with van der Waals surface area (Å²) in [5.41, 5.74) is -0.0716. The third kappa shape index (κ3) is 2.38. The average molecular weight is 334 g/mol. The van der Waals surface area contributed by atoms with Crippen LogP contribution < -0.4 is 10.9 Å². The molecule has 126 valence electrons. The van der Waals surface area contributed by atoms with Crippen molar-refractivity contribution in [2.24, 2.45) is 0 Å². The van der Waals surface area contributed by atoms with Gasteiger partial charge in [-0.1, -0.05) is 12.1 Å². The number of nitrogens with one attached hydrogen (secondary N) is 2. The van der Waals surface area contributed by atoms with Crippen molar-refractivity contribution in [1.82, 2.24) is 9.78 Å². The van der Waals surface area contributed by atoms with E-state index in [1.165, 1.54) is 16.8 Å². The maximum atomic E-state index is 13.2. The van der Waals surface area contributed by atoms with E-state index < -0.39 is 34.2 Å². The first-order chi connectivity index (χ1) is 11.3. The van der Waals surface area contributed by atoms with Gasteiger partial charge in [0, 0.05) is 11.0 Å². The summed E-state index contributed by atoms with van der Waals surface area (Å²) >= 11 is 0. The zero-order valence-electron chi connectivity index (χ0n) is 12.9. The summed E-state index contributed by atoms with van der Waals surface area (Å²) in [4.78, 5) is 35.4. The van der Waals surface area contributed by atoms with Crippen LogP contribution in [0, 0.1) is 15.9 Å². The number of hydrogen-bond acceptors (Lipinski definition) is 4. The molecule has 2 aromatic rings. The van der Waals surface area contributed by atoms with Gasteiger partial charge in [-0.2, -0.15) is 0 Å². The molecular weight excluding hydrogens is 319 g/mol. The number of nitrogens with zero attached hydrogens (tertiary/aromatic N) is 2. The van der Waals surface area contributed by atoms with Crippen LogP contribution in [0.4, 0.5) is 10.2 Å². The van der Waals surface area contributed by atoms with Crippen LogP contribution in [-0.4, -0.2) is 26.7 Å². The molecule has 2 N–H and O–H groups in total. The number of aromatic amines is 1. The second kappa shape index (κ2) is 5.59. The summed E-state index contributed by atoms with van der Waals surface area (Å²) in [5, 5.41) is 16.5. The fourth-order valence-corrected chi connectivity index (χ4v) is 3.00. The number of hydrogen-bond donors (Lipinski definition) is 2. The van der Waals surface area contributed by atoms with Crippen LogP contribution in [0.2, 0.25) is 0 Å². The molecule has 1 aliphatic heterocycles. The Morgan fingerprint density at radius 2 is 1.88 bits per heavy atom. The highest BCUT2D eigenvalue weighted by Gasteiger charge is 2.48. The van der Waals surface area contributed by atoms with Crippen molar-refractivity contribution < 1.29 is 14.1 Å². The van der Waals surface area contributed by atoms with Gasteiger partial charge in [0.1, 0.15) is 11.6 Å². The Hall–Kier alpha value is -2.97. The molecule has 0 bridgehead atoms. The van der Waals surface area contributed by atoms with Crippen molar-refractivity contribution in [3.05, 3.63) is 61.7 Å². The second-order valence-corrected chi connectivity index (χ2v) is 5.92. The Kier molecular flexibility index (Phi) is 3.70. The van der Waals surface area contributed by atoms with Crippen molar-refractivity contribution in [1.29, 1.82) is 0 Å². The van der Waals surface area contributed by atoms with Crippen LogP contribution >= 0.6 is 0 Å². The van der Waals surface area contributed by atoms with Crippen LogP contribution in [0.15, 0.2) is 29.1 Å². The predicted octanol–water partition coefficient (Wildman–Crippen LogP) is 1.63. The number of halogens is 1. The van der Waals surface area contributed by atoms with Crippen molar-refractivity contribution in [3.63, 3.8) is 0 Å². The van der Waals surface area contributed by atoms with E-state index in [0.717, 1.165) is 12.1 Å². The van der Waals surface area contributed by atoms with Gasteiger partial charge in [0.05, 0.1) is 11.5 Å². The van der Waals surface area contributed by atoms with Crippen LogP contribution in [0.25, 0.3) is 0 Å². The summed E-state index contributed by atoms with van der Waals surface area (Å²) in [6.45, 7) is 3.60. The molecule has 24 heavy (non-hydrogen) atoms. The van der Waals surface area contributed by atoms with Crippen molar-refractivity contribution in [2.45, 2.75) is 31.8 Å². The molecule has 0 radical (unpaired) electrons. The lowest BCUT2D eigenvalue weighted by Crippen LogP contribution is -2.45. The van der Waals surface area contributed by atoms with Crippen LogP contribution in [0.5, 0.6) is 0 Å². The highest BCUT2D eigenvalue weighted by atomic mass is 19.1. The van der Waals surface area contributed by atoms with Gasteiger partial charge in [0.15, 0.2) is 0 Å². The molecule has 8 nitrogen and oxygen atoms in total. The average Bonchev–Trinajstić information content (AvgIpc) is 2.83. The third-order valence-electron chi connectivity index (χ3n) is 4.07. The Balaban J connectivity index is 2.27. The van der Waals surface area contributed by atoms with Gasteiger partial charge in [0.25, 0.3) is 5.56 Å². The van der Waals surface area contributed by atoms with Crippen LogP contribution in [-0.2, 0) is 4.79 Å². The van der Waals surface area contributed by atoms with Gasteiger partial charge < -0.3 is 5.32 Å². The van der Waals surface area contributed by atoms with E-state index >= 15 is 0 Å². The van der Waals surface area contributed by atoms with Crippen LogP contribution in [0.1, 0.15) is 36.9 Å². The molecular formula is C15H15FN4O4. The molecule has 0 unspecified atom stereocenters. The van der Waals surface area contributed by atoms with Crippen molar-refractivity contribution >= 4 is 11.7 Å². The standard InChI is InChI=1S/C15H15FN4O4/c1-7(2)19-13-11(14(21)18-19)10(8-3-5-9(16)6-4-8)12(20(23)24)15(22)17-13/h3-7,10,12H,1-2H3,(H,17,22)(H,18,21)/t10-,12-/m0/s1. The molecule has 1 amide bonds. The number of benzene rings is 1. The Labute approximate surface area is 135 Å². The smallest absolute Gasteiger partial charge is 0.301 e. The summed E-state index contributed by atoms with van der Waals surface area (Å²) in [6.07, 6.45) is 0. The lowest BCUT2D eigenvalue weighted by molar-refractivity contribution is -0.509. The minimum absolute atomic E-state index is 0.108. The first kappa shape index (κ1) is 15.9. The van der Waals surface area contributed by atoms with E-state index in [1.54, 1.807) is 13.8 Å². The number of H-pyrrole nitrogens is 1. The number of nitro groups is 1. The molecule has 3 rings (SSSR count). The molecule has 2 heterocycles. The van der Waals surface area contributed by atoms with Crippen molar-refractivity contribution in [2.75, 3.05) is 5.32 Å². The summed E-state index contributed by atoms with van der Waals surface area (Å²) < 4.78 is 14.6. The lowest BCUT2D eigenvalue weighted by atomic mass is 9.83. The number of rotatable bonds is 3. The fraction of sp³-hybridized carbons (Fsp3) is 0.333. The highest BCUT2D eigenvalue weighted by Crippen LogP contribution is 2.37. The summed E-state index contributed by atoms with van der Waals surface area (Å²) in [6, 6.07) is 3.17. The predicted molar refractivity (Wildman–Crippen MR) is 83.1 cm³/mol. The number of carbonyl (C=O) groups excluding carboxylic acids is 1. The monoisotopic (exact) mass is 334 g/mol. The molecule has 1 aromatic carbocycles.